The van der Waals surface area contributed by atoms with E-state index in [-0.39, 0.29) is 18.0 Å². The summed E-state index contributed by atoms with van der Waals surface area (Å²) in [6, 6.07) is 4.79. The Bertz CT molecular complexity index is 395. The number of likely N-dealkylation sites (tertiary alicyclic amines) is 1. The zero-order chi connectivity index (χ0) is 12.4. The van der Waals surface area contributed by atoms with Gasteiger partial charge in [-0.25, -0.2) is 4.39 Å². The van der Waals surface area contributed by atoms with Crippen molar-refractivity contribution in [3.63, 3.8) is 0 Å². The highest BCUT2D eigenvalue weighted by Crippen LogP contribution is 2.24. The summed E-state index contributed by atoms with van der Waals surface area (Å²) in [4.78, 5) is 2.18. The van der Waals surface area contributed by atoms with Crippen LogP contribution in [0.15, 0.2) is 18.2 Å². The molecule has 0 spiro atoms. The summed E-state index contributed by atoms with van der Waals surface area (Å²) in [6.45, 7) is 3.69. The van der Waals surface area contributed by atoms with E-state index in [2.05, 4.69) is 4.90 Å². The Kier molecular flexibility index (Phi) is 3.64. The van der Waals surface area contributed by atoms with Crippen molar-refractivity contribution in [2.75, 3.05) is 20.1 Å². The molecule has 2 atom stereocenters. The predicted molar refractivity (Wildman–Crippen MR) is 65.5 cm³/mol. The Morgan fingerprint density at radius 1 is 1.53 bits per heavy atom. The second kappa shape index (κ2) is 5.02. The van der Waals surface area contributed by atoms with Crippen LogP contribution in [0.4, 0.5) is 4.39 Å². The van der Waals surface area contributed by atoms with Gasteiger partial charge in [0.1, 0.15) is 6.10 Å². The molecule has 0 bridgehead atoms. The molecule has 1 aromatic rings. The number of likely N-dealkylation sites (N-methyl/N-ethyl adjacent to an activating group) is 1. The van der Waals surface area contributed by atoms with Crippen LogP contribution in [0.3, 0.4) is 0 Å². The minimum Gasteiger partial charge on any atom is -0.486 e. The zero-order valence-electron chi connectivity index (χ0n) is 10.3. The Hall–Kier alpha value is -1.13. The Morgan fingerprint density at radius 3 is 2.82 bits per heavy atom. The number of nitrogens with two attached hydrogens (primary N) is 1. The molecule has 1 fully saturated rings. The molecule has 17 heavy (non-hydrogen) atoms. The maximum absolute atomic E-state index is 13.8. The number of nitrogens with zero attached hydrogens (tertiary/aromatic N) is 1. The quantitative estimate of drug-likeness (QED) is 0.874. The highest BCUT2D eigenvalue weighted by molar-refractivity contribution is 5.31. The molecule has 1 aromatic carbocycles. The largest absolute Gasteiger partial charge is 0.486 e. The third-order valence-corrected chi connectivity index (χ3v) is 3.12. The summed E-state index contributed by atoms with van der Waals surface area (Å²) < 4.78 is 19.4. The average Bonchev–Trinajstić information content (AvgIpc) is 2.67. The first-order valence-electron chi connectivity index (χ1n) is 5.96. The number of ether oxygens (including phenoxy) is 1. The van der Waals surface area contributed by atoms with Gasteiger partial charge in [0.15, 0.2) is 11.6 Å². The van der Waals surface area contributed by atoms with Crippen molar-refractivity contribution in [3.05, 3.63) is 29.6 Å². The van der Waals surface area contributed by atoms with E-state index < -0.39 is 0 Å². The molecule has 0 amide bonds. The van der Waals surface area contributed by atoms with Crippen molar-refractivity contribution in [1.82, 2.24) is 4.90 Å². The molecule has 1 aliphatic heterocycles. The van der Waals surface area contributed by atoms with Crippen LogP contribution in [0.2, 0.25) is 0 Å². The lowest BCUT2D eigenvalue weighted by molar-refractivity contribution is 0.199. The molecule has 2 rings (SSSR count). The number of hydrogen-bond donors (Lipinski definition) is 1. The van der Waals surface area contributed by atoms with Crippen molar-refractivity contribution in [1.29, 1.82) is 0 Å². The molecule has 4 heteroatoms. The molecular weight excluding hydrogens is 219 g/mol. The van der Waals surface area contributed by atoms with Gasteiger partial charge >= 0.3 is 0 Å². The normalized spacial score (nSPS) is 22.7. The fourth-order valence-corrected chi connectivity index (χ4v) is 2.07. The first kappa shape index (κ1) is 12.3. The molecule has 1 heterocycles. The van der Waals surface area contributed by atoms with E-state index in [0.717, 1.165) is 25.1 Å². The molecule has 3 nitrogen and oxygen atoms in total. The maximum atomic E-state index is 13.8. The molecule has 0 radical (unpaired) electrons. The minimum absolute atomic E-state index is 0.0932. The van der Waals surface area contributed by atoms with Gasteiger partial charge in [0.25, 0.3) is 0 Å². The average molecular weight is 238 g/mol. The third kappa shape index (κ3) is 2.96. The van der Waals surface area contributed by atoms with Crippen LogP contribution in [0.5, 0.6) is 5.75 Å². The van der Waals surface area contributed by atoms with E-state index in [1.165, 1.54) is 6.07 Å². The lowest BCUT2D eigenvalue weighted by Crippen LogP contribution is -2.21. The standard InChI is InChI=1S/C13H19FN2O/c1-9(15)10-3-4-13(12(14)7-10)17-11-5-6-16(2)8-11/h3-4,7,9,11H,5-6,8,15H2,1-2H3/t9-,11?/m0/s1. The summed E-state index contributed by atoms with van der Waals surface area (Å²) >= 11 is 0. The third-order valence-electron chi connectivity index (χ3n) is 3.12. The highest BCUT2D eigenvalue weighted by atomic mass is 19.1. The van der Waals surface area contributed by atoms with Crippen LogP contribution in [-0.4, -0.2) is 31.1 Å². The lowest BCUT2D eigenvalue weighted by atomic mass is 10.1. The molecule has 1 saturated heterocycles. The number of halogens is 1. The van der Waals surface area contributed by atoms with Gasteiger partial charge < -0.3 is 15.4 Å². The van der Waals surface area contributed by atoms with Gasteiger partial charge in [-0.1, -0.05) is 6.07 Å². The first-order valence-corrected chi connectivity index (χ1v) is 5.96. The van der Waals surface area contributed by atoms with E-state index in [1.807, 2.05) is 20.0 Å². The van der Waals surface area contributed by atoms with Gasteiger partial charge in [-0.15, -0.1) is 0 Å². The number of hydrogen-bond acceptors (Lipinski definition) is 3. The summed E-state index contributed by atoms with van der Waals surface area (Å²) in [5, 5.41) is 0. The van der Waals surface area contributed by atoms with Gasteiger partial charge in [0, 0.05) is 19.1 Å². The molecule has 1 unspecified atom stereocenters. The van der Waals surface area contributed by atoms with Gasteiger partial charge in [0.2, 0.25) is 0 Å². The van der Waals surface area contributed by atoms with Crippen molar-refractivity contribution in [3.8, 4) is 5.75 Å². The predicted octanol–water partition coefficient (Wildman–Crippen LogP) is 1.93. The van der Waals surface area contributed by atoms with E-state index in [9.17, 15) is 4.39 Å². The van der Waals surface area contributed by atoms with Crippen LogP contribution in [-0.2, 0) is 0 Å². The Labute approximate surface area is 101 Å². The second-order valence-corrected chi connectivity index (χ2v) is 4.77. The summed E-state index contributed by atoms with van der Waals surface area (Å²) in [7, 11) is 2.04. The smallest absolute Gasteiger partial charge is 0.165 e. The fourth-order valence-electron chi connectivity index (χ4n) is 2.07. The van der Waals surface area contributed by atoms with Crippen molar-refractivity contribution in [2.24, 2.45) is 5.73 Å². The Morgan fingerprint density at radius 2 is 2.29 bits per heavy atom. The van der Waals surface area contributed by atoms with E-state index in [4.69, 9.17) is 10.5 Å². The van der Waals surface area contributed by atoms with Crippen LogP contribution >= 0.6 is 0 Å². The number of benzene rings is 1. The topological polar surface area (TPSA) is 38.5 Å². The Balaban J connectivity index is 2.06. The SMILES string of the molecule is C[C@H](N)c1ccc(OC2CCN(C)C2)c(F)c1. The molecule has 2 N–H and O–H groups in total. The van der Waals surface area contributed by atoms with E-state index >= 15 is 0 Å². The van der Waals surface area contributed by atoms with Crippen LogP contribution in [0, 0.1) is 5.82 Å². The first-order chi connectivity index (χ1) is 8.06. The maximum Gasteiger partial charge on any atom is 0.165 e. The second-order valence-electron chi connectivity index (χ2n) is 4.77. The number of rotatable bonds is 3. The van der Waals surface area contributed by atoms with Gasteiger partial charge in [-0.3, -0.25) is 0 Å². The molecule has 0 aromatic heterocycles. The van der Waals surface area contributed by atoms with E-state index in [1.54, 1.807) is 6.07 Å². The summed E-state index contributed by atoms with van der Waals surface area (Å²) in [5.74, 6) is 0.00375. The monoisotopic (exact) mass is 238 g/mol. The molecule has 94 valence electrons. The molecule has 0 aliphatic carbocycles. The van der Waals surface area contributed by atoms with Crippen molar-refractivity contribution in [2.45, 2.75) is 25.5 Å². The highest BCUT2D eigenvalue weighted by Gasteiger charge is 2.22. The van der Waals surface area contributed by atoms with Crippen LogP contribution in [0.1, 0.15) is 24.9 Å². The molecule has 0 saturated carbocycles. The summed E-state index contributed by atoms with van der Waals surface area (Å²) in [5.41, 5.74) is 6.49. The van der Waals surface area contributed by atoms with Crippen LogP contribution in [0.25, 0.3) is 0 Å². The lowest BCUT2D eigenvalue weighted by Gasteiger charge is -2.15. The fraction of sp³-hybridized carbons (Fsp3) is 0.538. The minimum atomic E-state index is -0.325. The molecular formula is C13H19FN2O. The van der Waals surface area contributed by atoms with Gasteiger partial charge in [-0.2, -0.15) is 0 Å². The molecule has 1 aliphatic rings. The van der Waals surface area contributed by atoms with E-state index in [0.29, 0.717) is 5.75 Å². The van der Waals surface area contributed by atoms with Crippen molar-refractivity contribution >= 4 is 0 Å². The zero-order valence-corrected chi connectivity index (χ0v) is 10.3. The van der Waals surface area contributed by atoms with Gasteiger partial charge in [0.05, 0.1) is 0 Å². The van der Waals surface area contributed by atoms with Crippen molar-refractivity contribution < 1.29 is 9.13 Å². The van der Waals surface area contributed by atoms with Gasteiger partial charge in [-0.05, 0) is 38.1 Å². The summed E-state index contributed by atoms with van der Waals surface area (Å²) in [6.07, 6.45) is 1.04. The van der Waals surface area contributed by atoms with Crippen LogP contribution < -0.4 is 10.5 Å².